The molecule has 0 heterocycles. The summed E-state index contributed by atoms with van der Waals surface area (Å²) in [4.78, 5) is 14.3. The number of amides is 1. The molecule has 0 saturated carbocycles. The largest absolute Gasteiger partial charge is 0.337 e. The Bertz CT molecular complexity index is 849. The van der Waals surface area contributed by atoms with Crippen LogP contribution in [0.15, 0.2) is 53.4 Å². The van der Waals surface area contributed by atoms with Gasteiger partial charge >= 0.3 is 0 Å². The number of nitrogens with one attached hydrogen (secondary N) is 1. The van der Waals surface area contributed by atoms with Crippen molar-refractivity contribution in [3.8, 4) is 0 Å². The first-order valence-electron chi connectivity index (χ1n) is 8.35. The van der Waals surface area contributed by atoms with Crippen molar-refractivity contribution in [2.24, 2.45) is 0 Å². The maximum atomic E-state index is 12.5. The van der Waals surface area contributed by atoms with E-state index in [9.17, 15) is 13.2 Å². The summed E-state index contributed by atoms with van der Waals surface area (Å²) in [6.07, 6.45) is 0.700. The van der Waals surface area contributed by atoms with Gasteiger partial charge in [-0.1, -0.05) is 30.7 Å². The number of halogens is 1. The summed E-state index contributed by atoms with van der Waals surface area (Å²) in [6, 6.07) is 13.1. The number of hydrogen-bond acceptors (Lipinski definition) is 3. The van der Waals surface area contributed by atoms with Gasteiger partial charge in [0, 0.05) is 30.2 Å². The van der Waals surface area contributed by atoms with Gasteiger partial charge in [0.25, 0.3) is 5.91 Å². The quantitative estimate of drug-likeness (QED) is 0.778. The van der Waals surface area contributed by atoms with Crippen LogP contribution in [0.1, 0.15) is 36.2 Å². The third-order valence-electron chi connectivity index (χ3n) is 4.06. The molecule has 7 heteroatoms. The van der Waals surface area contributed by atoms with Crippen molar-refractivity contribution < 1.29 is 13.2 Å². The molecule has 0 aliphatic heterocycles. The summed E-state index contributed by atoms with van der Waals surface area (Å²) in [5.74, 6) is -0.182. The summed E-state index contributed by atoms with van der Waals surface area (Å²) in [7, 11) is -1.87. The molecule has 2 aromatic rings. The molecule has 1 unspecified atom stereocenters. The zero-order valence-electron chi connectivity index (χ0n) is 15.1. The molecule has 1 amide bonds. The lowest BCUT2D eigenvalue weighted by atomic mass is 10.1. The van der Waals surface area contributed by atoms with Crippen molar-refractivity contribution in [1.29, 1.82) is 0 Å². The Morgan fingerprint density at radius 1 is 1.12 bits per heavy atom. The van der Waals surface area contributed by atoms with Crippen LogP contribution in [0.3, 0.4) is 0 Å². The Hall–Kier alpha value is -1.89. The number of carbonyl (C=O) groups is 1. The first-order chi connectivity index (χ1) is 12.2. The molecule has 2 rings (SSSR count). The smallest absolute Gasteiger partial charge is 0.253 e. The van der Waals surface area contributed by atoms with E-state index in [1.54, 1.807) is 31.0 Å². The summed E-state index contributed by atoms with van der Waals surface area (Å²) in [5.41, 5.74) is 1.39. The number of benzene rings is 2. The highest BCUT2D eigenvalue weighted by molar-refractivity contribution is 7.89. The molecular weight excluding hydrogens is 372 g/mol. The molecule has 0 aliphatic rings. The second-order valence-electron chi connectivity index (χ2n) is 6.24. The van der Waals surface area contributed by atoms with E-state index in [0.29, 0.717) is 23.6 Å². The van der Waals surface area contributed by atoms with Crippen LogP contribution in [0.25, 0.3) is 0 Å². The van der Waals surface area contributed by atoms with Crippen molar-refractivity contribution in [2.75, 3.05) is 7.05 Å². The molecule has 0 fully saturated rings. The molecule has 0 bridgehead atoms. The Morgan fingerprint density at radius 2 is 1.69 bits per heavy atom. The van der Waals surface area contributed by atoms with E-state index in [0.717, 1.165) is 5.56 Å². The predicted octanol–water partition coefficient (Wildman–Crippen LogP) is 3.69. The normalized spacial score (nSPS) is 12.6. The number of hydrogen-bond donors (Lipinski definition) is 1. The zero-order valence-corrected chi connectivity index (χ0v) is 16.6. The summed E-state index contributed by atoms with van der Waals surface area (Å²) >= 11 is 5.86. The van der Waals surface area contributed by atoms with Gasteiger partial charge in [-0.2, -0.15) is 0 Å². The van der Waals surface area contributed by atoms with Crippen LogP contribution in [0.5, 0.6) is 0 Å². The van der Waals surface area contributed by atoms with Crippen LogP contribution < -0.4 is 4.72 Å². The molecule has 0 spiro atoms. The van der Waals surface area contributed by atoms with Crippen molar-refractivity contribution in [3.63, 3.8) is 0 Å². The van der Waals surface area contributed by atoms with Crippen LogP contribution in [0.2, 0.25) is 5.02 Å². The van der Waals surface area contributed by atoms with Crippen LogP contribution in [0, 0.1) is 0 Å². The second kappa shape index (κ2) is 8.66. The van der Waals surface area contributed by atoms with Gasteiger partial charge < -0.3 is 4.90 Å². The van der Waals surface area contributed by atoms with Crippen molar-refractivity contribution in [3.05, 3.63) is 64.7 Å². The van der Waals surface area contributed by atoms with Crippen LogP contribution in [-0.4, -0.2) is 32.3 Å². The SMILES string of the molecule is CCC(C)NS(=O)(=O)c1ccc(C(=O)N(C)Cc2ccc(Cl)cc2)cc1. The average Bonchev–Trinajstić information content (AvgIpc) is 2.62. The standard InChI is InChI=1S/C19H23ClN2O3S/c1-4-14(2)21-26(24,25)18-11-7-16(8-12-18)19(23)22(3)13-15-5-9-17(20)10-6-15/h5-12,14,21H,4,13H2,1-3H3. The van der Waals surface area contributed by atoms with Gasteiger partial charge in [0.2, 0.25) is 10.0 Å². The fourth-order valence-corrected chi connectivity index (χ4v) is 3.80. The van der Waals surface area contributed by atoms with Crippen molar-refractivity contribution in [1.82, 2.24) is 9.62 Å². The van der Waals surface area contributed by atoms with E-state index in [2.05, 4.69) is 4.72 Å². The first kappa shape index (κ1) is 20.4. The van der Waals surface area contributed by atoms with E-state index in [4.69, 9.17) is 11.6 Å². The Labute approximate surface area is 160 Å². The highest BCUT2D eigenvalue weighted by Crippen LogP contribution is 2.15. The van der Waals surface area contributed by atoms with Crippen molar-refractivity contribution >= 4 is 27.5 Å². The topological polar surface area (TPSA) is 66.5 Å². The number of nitrogens with zero attached hydrogens (tertiary/aromatic N) is 1. The van der Waals surface area contributed by atoms with Gasteiger partial charge in [-0.25, -0.2) is 13.1 Å². The molecule has 2 aromatic carbocycles. The van der Waals surface area contributed by atoms with E-state index in [1.807, 2.05) is 19.1 Å². The summed E-state index contributed by atoms with van der Waals surface area (Å²) in [5, 5.41) is 0.644. The second-order valence-corrected chi connectivity index (χ2v) is 8.39. The minimum Gasteiger partial charge on any atom is -0.337 e. The van der Waals surface area contributed by atoms with Gasteiger partial charge in [0.15, 0.2) is 0 Å². The Kier molecular flexibility index (Phi) is 6.81. The minimum atomic E-state index is -3.57. The zero-order chi connectivity index (χ0) is 19.3. The summed E-state index contributed by atoms with van der Waals surface area (Å²) in [6.45, 7) is 4.15. The Morgan fingerprint density at radius 3 is 2.23 bits per heavy atom. The lowest BCUT2D eigenvalue weighted by molar-refractivity contribution is 0.0785. The number of carbonyl (C=O) groups excluding carboxylic acids is 1. The van der Waals surface area contributed by atoms with E-state index >= 15 is 0 Å². The fraction of sp³-hybridized carbons (Fsp3) is 0.316. The molecule has 1 atom stereocenters. The highest BCUT2D eigenvalue weighted by Gasteiger charge is 2.18. The monoisotopic (exact) mass is 394 g/mol. The van der Waals surface area contributed by atoms with Gasteiger partial charge in [0.05, 0.1) is 4.90 Å². The lowest BCUT2D eigenvalue weighted by Gasteiger charge is -2.18. The van der Waals surface area contributed by atoms with E-state index in [1.165, 1.54) is 24.3 Å². The lowest BCUT2D eigenvalue weighted by Crippen LogP contribution is -2.32. The maximum absolute atomic E-state index is 12.5. The van der Waals surface area contributed by atoms with E-state index < -0.39 is 10.0 Å². The highest BCUT2D eigenvalue weighted by atomic mass is 35.5. The first-order valence-corrected chi connectivity index (χ1v) is 10.2. The molecule has 5 nitrogen and oxygen atoms in total. The van der Waals surface area contributed by atoms with Crippen LogP contribution >= 0.6 is 11.6 Å². The molecule has 1 N–H and O–H groups in total. The van der Waals surface area contributed by atoms with Gasteiger partial charge in [-0.05, 0) is 55.3 Å². The van der Waals surface area contributed by atoms with E-state index in [-0.39, 0.29) is 16.8 Å². The molecule has 0 aromatic heterocycles. The van der Waals surface area contributed by atoms with Gasteiger partial charge in [-0.15, -0.1) is 0 Å². The van der Waals surface area contributed by atoms with Gasteiger partial charge in [-0.3, -0.25) is 4.79 Å². The molecule has 0 radical (unpaired) electrons. The molecule has 0 aliphatic carbocycles. The number of rotatable bonds is 7. The predicted molar refractivity (Wildman–Crippen MR) is 104 cm³/mol. The van der Waals surface area contributed by atoms with Crippen molar-refractivity contribution in [2.45, 2.75) is 37.8 Å². The molecule has 26 heavy (non-hydrogen) atoms. The summed E-state index contributed by atoms with van der Waals surface area (Å²) < 4.78 is 27.1. The van der Waals surface area contributed by atoms with Crippen LogP contribution in [0.4, 0.5) is 0 Å². The molecule has 140 valence electrons. The molecule has 0 saturated heterocycles. The average molecular weight is 395 g/mol. The molecular formula is C19H23ClN2O3S. The fourth-order valence-electron chi connectivity index (χ4n) is 2.35. The van der Waals surface area contributed by atoms with Gasteiger partial charge in [0.1, 0.15) is 0 Å². The third-order valence-corrected chi connectivity index (χ3v) is 5.92. The minimum absolute atomic E-state index is 0.146. The van der Waals surface area contributed by atoms with Crippen LogP contribution in [-0.2, 0) is 16.6 Å². The number of sulfonamides is 1. The maximum Gasteiger partial charge on any atom is 0.253 e. The Balaban J connectivity index is 2.09. The third kappa shape index (κ3) is 5.30.